The van der Waals surface area contributed by atoms with Crippen LogP contribution in [0.1, 0.15) is 25.6 Å². The fourth-order valence-electron chi connectivity index (χ4n) is 2.32. The van der Waals surface area contributed by atoms with Crippen molar-refractivity contribution < 1.29 is 0 Å². The third-order valence-electron chi connectivity index (χ3n) is 3.50. The summed E-state index contributed by atoms with van der Waals surface area (Å²) < 4.78 is 0. The standard InChI is InChI=1S/C12H20N4S/c1-9-10(2)17-6-5-16(9)12(7-13)11-3-4-14-8-15-11/h3-4,8-10,12H,5-7,13H2,1-2H3. The minimum Gasteiger partial charge on any atom is -0.329 e. The maximum Gasteiger partial charge on any atom is 0.115 e. The molecule has 0 saturated carbocycles. The molecule has 0 aliphatic carbocycles. The second-order valence-corrected chi connectivity index (χ2v) is 5.93. The van der Waals surface area contributed by atoms with Gasteiger partial charge in [0.2, 0.25) is 0 Å². The Morgan fingerprint density at radius 2 is 2.41 bits per heavy atom. The van der Waals surface area contributed by atoms with Gasteiger partial charge in [-0.2, -0.15) is 11.8 Å². The molecular formula is C12H20N4S. The van der Waals surface area contributed by atoms with Crippen molar-refractivity contribution in [2.75, 3.05) is 18.8 Å². The van der Waals surface area contributed by atoms with Gasteiger partial charge >= 0.3 is 0 Å². The molecule has 94 valence electrons. The van der Waals surface area contributed by atoms with Crippen LogP contribution in [0.3, 0.4) is 0 Å². The van der Waals surface area contributed by atoms with E-state index in [1.165, 1.54) is 5.75 Å². The van der Waals surface area contributed by atoms with E-state index in [1.54, 1.807) is 12.5 Å². The molecule has 3 unspecified atom stereocenters. The van der Waals surface area contributed by atoms with E-state index in [-0.39, 0.29) is 6.04 Å². The normalized spacial score (nSPS) is 27.9. The maximum atomic E-state index is 5.93. The molecule has 5 heteroatoms. The topological polar surface area (TPSA) is 55.0 Å². The molecule has 3 atom stereocenters. The lowest BCUT2D eigenvalue weighted by molar-refractivity contribution is 0.147. The molecule has 17 heavy (non-hydrogen) atoms. The molecule has 0 amide bonds. The first-order valence-corrected chi connectivity index (χ1v) is 7.12. The molecule has 1 aliphatic rings. The molecule has 1 aliphatic heterocycles. The van der Waals surface area contributed by atoms with Crippen LogP contribution in [0.25, 0.3) is 0 Å². The van der Waals surface area contributed by atoms with Gasteiger partial charge in [-0.15, -0.1) is 0 Å². The summed E-state index contributed by atoms with van der Waals surface area (Å²) in [5.74, 6) is 1.17. The Labute approximate surface area is 107 Å². The summed E-state index contributed by atoms with van der Waals surface area (Å²) in [5, 5.41) is 0.652. The zero-order valence-corrected chi connectivity index (χ0v) is 11.2. The van der Waals surface area contributed by atoms with Gasteiger partial charge in [0.1, 0.15) is 6.33 Å². The van der Waals surface area contributed by atoms with Gasteiger partial charge in [0.15, 0.2) is 0 Å². The van der Waals surface area contributed by atoms with Gasteiger partial charge in [0, 0.05) is 36.3 Å². The van der Waals surface area contributed by atoms with E-state index in [0.29, 0.717) is 17.8 Å². The zero-order chi connectivity index (χ0) is 12.3. The van der Waals surface area contributed by atoms with Gasteiger partial charge in [-0.1, -0.05) is 6.92 Å². The van der Waals surface area contributed by atoms with Crippen LogP contribution in [-0.2, 0) is 0 Å². The van der Waals surface area contributed by atoms with Crippen molar-refractivity contribution in [3.63, 3.8) is 0 Å². The number of aromatic nitrogens is 2. The van der Waals surface area contributed by atoms with Crippen LogP contribution < -0.4 is 5.73 Å². The van der Waals surface area contributed by atoms with Crippen molar-refractivity contribution in [1.29, 1.82) is 0 Å². The van der Waals surface area contributed by atoms with Crippen molar-refractivity contribution >= 4 is 11.8 Å². The van der Waals surface area contributed by atoms with Crippen molar-refractivity contribution in [2.45, 2.75) is 31.2 Å². The summed E-state index contributed by atoms with van der Waals surface area (Å²) in [6, 6.07) is 2.73. The van der Waals surface area contributed by atoms with E-state index in [2.05, 4.69) is 28.7 Å². The highest BCUT2D eigenvalue weighted by Gasteiger charge is 2.31. The monoisotopic (exact) mass is 252 g/mol. The number of nitrogens with two attached hydrogens (primary N) is 1. The van der Waals surface area contributed by atoms with Crippen molar-refractivity contribution in [2.24, 2.45) is 5.73 Å². The first-order valence-electron chi connectivity index (χ1n) is 6.07. The fourth-order valence-corrected chi connectivity index (χ4v) is 3.44. The van der Waals surface area contributed by atoms with Crippen molar-refractivity contribution in [3.8, 4) is 0 Å². The van der Waals surface area contributed by atoms with E-state index < -0.39 is 0 Å². The van der Waals surface area contributed by atoms with Gasteiger partial charge < -0.3 is 5.73 Å². The highest BCUT2D eigenvalue weighted by molar-refractivity contribution is 8.00. The maximum absolute atomic E-state index is 5.93. The Bertz CT molecular complexity index is 346. The van der Waals surface area contributed by atoms with Gasteiger partial charge in [-0.05, 0) is 13.0 Å². The van der Waals surface area contributed by atoms with Crippen LogP contribution in [0.15, 0.2) is 18.6 Å². The Morgan fingerprint density at radius 3 is 3.06 bits per heavy atom. The molecule has 0 spiro atoms. The van der Waals surface area contributed by atoms with Gasteiger partial charge in [0.05, 0.1) is 11.7 Å². The Morgan fingerprint density at radius 1 is 1.59 bits per heavy atom. The highest BCUT2D eigenvalue weighted by atomic mass is 32.2. The number of hydrogen-bond acceptors (Lipinski definition) is 5. The minimum absolute atomic E-state index is 0.219. The molecule has 2 rings (SSSR count). The van der Waals surface area contributed by atoms with Gasteiger partial charge in [0.25, 0.3) is 0 Å². The SMILES string of the molecule is CC1SCCN(C(CN)c2ccncn2)C1C. The summed E-state index contributed by atoms with van der Waals surface area (Å²) >= 11 is 2.04. The first kappa shape index (κ1) is 12.8. The van der Waals surface area contributed by atoms with Gasteiger partial charge in [-0.25, -0.2) is 9.97 Å². The molecule has 0 aromatic carbocycles. The highest BCUT2D eigenvalue weighted by Crippen LogP contribution is 2.30. The van der Waals surface area contributed by atoms with E-state index in [9.17, 15) is 0 Å². The Balaban J connectivity index is 2.18. The summed E-state index contributed by atoms with van der Waals surface area (Å²) in [5.41, 5.74) is 6.97. The van der Waals surface area contributed by atoms with Crippen LogP contribution in [0, 0.1) is 0 Å². The Kier molecular flexibility index (Phi) is 4.36. The predicted molar refractivity (Wildman–Crippen MR) is 71.9 cm³/mol. The summed E-state index contributed by atoms with van der Waals surface area (Å²) in [4.78, 5) is 10.8. The fraction of sp³-hybridized carbons (Fsp3) is 0.667. The molecular weight excluding hydrogens is 232 g/mol. The third kappa shape index (κ3) is 2.78. The van der Waals surface area contributed by atoms with E-state index in [0.717, 1.165) is 12.2 Å². The third-order valence-corrected chi connectivity index (χ3v) is 4.84. The largest absolute Gasteiger partial charge is 0.329 e. The van der Waals surface area contributed by atoms with Crippen molar-refractivity contribution in [1.82, 2.24) is 14.9 Å². The number of hydrogen-bond donors (Lipinski definition) is 1. The van der Waals surface area contributed by atoms with E-state index >= 15 is 0 Å². The molecule has 2 N–H and O–H groups in total. The minimum atomic E-state index is 0.219. The molecule has 0 bridgehead atoms. The quantitative estimate of drug-likeness (QED) is 0.879. The summed E-state index contributed by atoms with van der Waals surface area (Å²) in [6.07, 6.45) is 3.39. The molecule has 1 aromatic rings. The Hall–Kier alpha value is -0.650. The lowest BCUT2D eigenvalue weighted by Crippen LogP contribution is -2.48. The molecule has 1 fully saturated rings. The second-order valence-electron chi connectivity index (χ2n) is 4.44. The second kappa shape index (κ2) is 5.80. The lowest BCUT2D eigenvalue weighted by atomic mass is 10.1. The predicted octanol–water partition coefficient (Wildman–Crippen LogP) is 1.30. The van der Waals surface area contributed by atoms with E-state index in [4.69, 9.17) is 5.73 Å². The van der Waals surface area contributed by atoms with Gasteiger partial charge in [-0.3, -0.25) is 4.90 Å². The van der Waals surface area contributed by atoms with Crippen LogP contribution in [0.5, 0.6) is 0 Å². The summed E-state index contributed by atoms with van der Waals surface area (Å²) in [6.45, 7) is 6.26. The average Bonchev–Trinajstić information content (AvgIpc) is 2.37. The number of nitrogens with zero attached hydrogens (tertiary/aromatic N) is 3. The van der Waals surface area contributed by atoms with Crippen molar-refractivity contribution in [3.05, 3.63) is 24.3 Å². The van der Waals surface area contributed by atoms with E-state index in [1.807, 2.05) is 17.8 Å². The molecule has 0 radical (unpaired) electrons. The molecule has 1 aromatic heterocycles. The summed E-state index contributed by atoms with van der Waals surface area (Å²) in [7, 11) is 0. The van der Waals surface area contributed by atoms with Crippen LogP contribution in [-0.4, -0.2) is 45.0 Å². The average molecular weight is 252 g/mol. The molecule has 1 saturated heterocycles. The lowest BCUT2D eigenvalue weighted by Gasteiger charge is -2.41. The number of thioether (sulfide) groups is 1. The van der Waals surface area contributed by atoms with Crippen LogP contribution in [0.4, 0.5) is 0 Å². The first-order chi connectivity index (χ1) is 8.24. The van der Waals surface area contributed by atoms with Crippen LogP contribution in [0.2, 0.25) is 0 Å². The zero-order valence-electron chi connectivity index (χ0n) is 10.4. The smallest absolute Gasteiger partial charge is 0.115 e. The molecule has 2 heterocycles. The molecule has 4 nitrogen and oxygen atoms in total. The van der Waals surface area contributed by atoms with Crippen LogP contribution >= 0.6 is 11.8 Å². The number of rotatable bonds is 3.